The minimum absolute atomic E-state index is 0. The molecule has 4 nitrogen and oxygen atoms in total. The fraction of sp³-hybridized carbons (Fsp3) is 0.412. The van der Waals surface area contributed by atoms with Crippen LogP contribution in [-0.2, 0) is 19.4 Å². The highest BCUT2D eigenvalue weighted by Gasteiger charge is 2.31. The maximum absolute atomic E-state index is 12.1. The predicted octanol–water partition coefficient (Wildman–Crippen LogP) is 4.69. The van der Waals surface area contributed by atoms with E-state index in [0.717, 1.165) is 16.7 Å². The first kappa shape index (κ1) is 26.7. The summed E-state index contributed by atoms with van der Waals surface area (Å²) in [5, 5.41) is 0. The minimum atomic E-state index is -4.45. The van der Waals surface area contributed by atoms with Crippen LogP contribution in [0.25, 0.3) is 0 Å². The first-order valence-electron chi connectivity index (χ1n) is 6.75. The minimum Gasteiger partial charge on any atom is -0.326 e. The third-order valence-electron chi connectivity index (χ3n) is 3.14. The number of aromatic nitrogens is 2. The smallest absolute Gasteiger partial charge is 0.326 e. The SMILES string of the molecule is C.C.Cc1cc(C(F)(F)F)cc(=O)[nH]1.Cc1cc(C(F)(F)F)cc(=O)n1C. The van der Waals surface area contributed by atoms with Gasteiger partial charge in [-0.3, -0.25) is 9.59 Å². The molecule has 0 saturated carbocycles. The molecule has 0 fully saturated rings. The summed E-state index contributed by atoms with van der Waals surface area (Å²) < 4.78 is 73.5. The third-order valence-corrected chi connectivity index (χ3v) is 3.14. The van der Waals surface area contributed by atoms with E-state index in [9.17, 15) is 35.9 Å². The Bertz CT molecular complexity index is 863. The molecule has 27 heavy (non-hydrogen) atoms. The second-order valence-electron chi connectivity index (χ2n) is 5.19. The Morgan fingerprint density at radius 2 is 1.26 bits per heavy atom. The first-order chi connectivity index (χ1) is 11.2. The lowest BCUT2D eigenvalue weighted by atomic mass is 10.2. The molecule has 0 unspecified atom stereocenters. The van der Waals surface area contributed by atoms with Crippen molar-refractivity contribution in [1.82, 2.24) is 9.55 Å². The van der Waals surface area contributed by atoms with Crippen LogP contribution in [0.4, 0.5) is 26.3 Å². The number of pyridine rings is 2. The van der Waals surface area contributed by atoms with Crippen molar-refractivity contribution in [1.29, 1.82) is 0 Å². The quantitative estimate of drug-likeness (QED) is 0.653. The van der Waals surface area contributed by atoms with Crippen molar-refractivity contribution in [2.24, 2.45) is 7.05 Å². The van der Waals surface area contributed by atoms with Crippen molar-refractivity contribution >= 4 is 0 Å². The van der Waals surface area contributed by atoms with Gasteiger partial charge in [0, 0.05) is 30.6 Å². The van der Waals surface area contributed by atoms with Crippen molar-refractivity contribution < 1.29 is 26.3 Å². The fourth-order valence-corrected chi connectivity index (χ4v) is 1.78. The Morgan fingerprint density at radius 3 is 1.63 bits per heavy atom. The highest BCUT2D eigenvalue weighted by atomic mass is 19.4. The van der Waals surface area contributed by atoms with Crippen LogP contribution >= 0.6 is 0 Å². The van der Waals surface area contributed by atoms with Crippen molar-refractivity contribution in [3.63, 3.8) is 0 Å². The molecule has 0 atom stereocenters. The van der Waals surface area contributed by atoms with E-state index in [-0.39, 0.29) is 20.5 Å². The van der Waals surface area contributed by atoms with Gasteiger partial charge < -0.3 is 9.55 Å². The van der Waals surface area contributed by atoms with Gasteiger partial charge in [0.05, 0.1) is 11.1 Å². The Balaban J connectivity index is 0. The van der Waals surface area contributed by atoms with Crippen molar-refractivity contribution in [2.75, 3.05) is 0 Å². The molecule has 154 valence electrons. The van der Waals surface area contributed by atoms with Crippen molar-refractivity contribution in [2.45, 2.75) is 41.1 Å². The zero-order valence-electron chi connectivity index (χ0n) is 13.3. The van der Waals surface area contributed by atoms with Gasteiger partial charge in [-0.05, 0) is 26.0 Å². The van der Waals surface area contributed by atoms with Gasteiger partial charge in [0.15, 0.2) is 0 Å². The van der Waals surface area contributed by atoms with Crippen LogP contribution < -0.4 is 11.1 Å². The lowest BCUT2D eigenvalue weighted by Crippen LogP contribution is -2.21. The summed E-state index contributed by atoms with van der Waals surface area (Å²) in [6.45, 7) is 2.85. The average molecular weight is 400 g/mol. The van der Waals surface area contributed by atoms with E-state index in [4.69, 9.17) is 0 Å². The second-order valence-corrected chi connectivity index (χ2v) is 5.19. The lowest BCUT2D eigenvalue weighted by molar-refractivity contribution is -0.138. The molecular weight excluding hydrogens is 378 g/mol. The van der Waals surface area contributed by atoms with Gasteiger partial charge in [-0.2, -0.15) is 26.3 Å². The Labute approximate surface area is 152 Å². The second kappa shape index (κ2) is 9.43. The summed E-state index contributed by atoms with van der Waals surface area (Å²) in [5.41, 5.74) is -2.69. The standard InChI is InChI=1S/C8H8F3NO.C7H6F3NO.2CH4/c1-5-3-6(8(9,10)11)4-7(13)12(5)2;1-4-2-5(7(8,9)10)3-6(12)11-4;;/h3-4H,1-2H3;2-3H,1H3,(H,11,12);2*1H4. The summed E-state index contributed by atoms with van der Waals surface area (Å²) >= 11 is 0. The fourth-order valence-electron chi connectivity index (χ4n) is 1.78. The van der Waals surface area contributed by atoms with E-state index in [0.29, 0.717) is 17.8 Å². The van der Waals surface area contributed by atoms with Gasteiger partial charge in [0.25, 0.3) is 5.56 Å². The number of hydrogen-bond acceptors (Lipinski definition) is 2. The van der Waals surface area contributed by atoms with E-state index < -0.39 is 34.6 Å². The molecule has 0 aliphatic carbocycles. The molecule has 0 aromatic carbocycles. The normalized spacial score (nSPS) is 10.9. The number of halogens is 6. The van der Waals surface area contributed by atoms with E-state index in [1.54, 1.807) is 0 Å². The number of aromatic amines is 1. The topological polar surface area (TPSA) is 54.9 Å². The lowest BCUT2D eigenvalue weighted by Gasteiger charge is -2.09. The average Bonchev–Trinajstić information content (AvgIpc) is 2.42. The molecule has 0 amide bonds. The Morgan fingerprint density at radius 1 is 0.815 bits per heavy atom. The maximum atomic E-state index is 12.1. The molecule has 2 heterocycles. The number of aryl methyl sites for hydroxylation is 2. The van der Waals surface area contributed by atoms with Gasteiger partial charge in [-0.25, -0.2) is 0 Å². The van der Waals surface area contributed by atoms with Crippen LogP contribution in [0.1, 0.15) is 37.4 Å². The van der Waals surface area contributed by atoms with E-state index >= 15 is 0 Å². The van der Waals surface area contributed by atoms with Crippen molar-refractivity contribution in [3.05, 3.63) is 67.5 Å². The Hall–Kier alpha value is -2.52. The van der Waals surface area contributed by atoms with Crippen LogP contribution in [0.3, 0.4) is 0 Å². The van der Waals surface area contributed by atoms with Crippen LogP contribution in [0.15, 0.2) is 33.9 Å². The van der Waals surface area contributed by atoms with E-state index in [2.05, 4.69) is 4.98 Å². The number of nitrogens with zero attached hydrogens (tertiary/aromatic N) is 1. The molecule has 0 saturated heterocycles. The summed E-state index contributed by atoms with van der Waals surface area (Å²) in [6.07, 6.45) is -8.89. The molecular formula is C17H22F6N2O2. The molecule has 0 aliphatic rings. The van der Waals surface area contributed by atoms with Crippen LogP contribution in [0, 0.1) is 13.8 Å². The van der Waals surface area contributed by atoms with Crippen molar-refractivity contribution in [3.8, 4) is 0 Å². The van der Waals surface area contributed by atoms with Gasteiger partial charge in [-0.15, -0.1) is 0 Å². The molecule has 10 heteroatoms. The molecule has 2 aromatic rings. The Kier molecular flexibility index (Phi) is 9.32. The van der Waals surface area contributed by atoms with Gasteiger partial charge >= 0.3 is 12.4 Å². The third kappa shape index (κ3) is 7.71. The van der Waals surface area contributed by atoms with Gasteiger partial charge in [-0.1, -0.05) is 14.9 Å². The van der Waals surface area contributed by atoms with Gasteiger partial charge in [0.1, 0.15) is 0 Å². The first-order valence-corrected chi connectivity index (χ1v) is 6.75. The number of rotatable bonds is 0. The van der Waals surface area contributed by atoms with E-state index in [1.165, 1.54) is 20.9 Å². The van der Waals surface area contributed by atoms with Crippen LogP contribution in [0.2, 0.25) is 0 Å². The molecule has 0 bridgehead atoms. The summed E-state index contributed by atoms with van der Waals surface area (Å²) in [6, 6.07) is 2.96. The molecule has 2 rings (SSSR count). The molecule has 1 N–H and O–H groups in total. The molecule has 2 aromatic heterocycles. The number of alkyl halides is 6. The summed E-state index contributed by atoms with van der Waals surface area (Å²) in [4.78, 5) is 23.8. The number of nitrogens with one attached hydrogen (secondary N) is 1. The zero-order valence-corrected chi connectivity index (χ0v) is 13.3. The predicted molar refractivity (Wildman–Crippen MR) is 91.7 cm³/mol. The summed E-state index contributed by atoms with van der Waals surface area (Å²) in [7, 11) is 1.43. The van der Waals surface area contributed by atoms with E-state index in [1.807, 2.05) is 0 Å². The number of H-pyrrole nitrogens is 1. The number of hydrogen-bond donors (Lipinski definition) is 1. The highest BCUT2D eigenvalue weighted by molar-refractivity contribution is 5.20. The summed E-state index contributed by atoms with van der Waals surface area (Å²) in [5.74, 6) is 0. The van der Waals surface area contributed by atoms with Gasteiger partial charge in [0.2, 0.25) is 5.56 Å². The maximum Gasteiger partial charge on any atom is 0.416 e. The molecule has 0 aliphatic heterocycles. The van der Waals surface area contributed by atoms with Crippen LogP contribution in [-0.4, -0.2) is 9.55 Å². The molecule has 0 radical (unpaired) electrons. The monoisotopic (exact) mass is 400 g/mol. The largest absolute Gasteiger partial charge is 0.416 e. The van der Waals surface area contributed by atoms with Crippen LogP contribution in [0.5, 0.6) is 0 Å². The zero-order chi connectivity index (χ0) is 19.6. The highest BCUT2D eigenvalue weighted by Crippen LogP contribution is 2.28. The molecule has 0 spiro atoms.